The van der Waals surface area contributed by atoms with Gasteiger partial charge in [-0.25, -0.2) is 0 Å². The summed E-state index contributed by atoms with van der Waals surface area (Å²) in [6, 6.07) is 8.65. The lowest BCUT2D eigenvalue weighted by atomic mass is 9.84. The summed E-state index contributed by atoms with van der Waals surface area (Å²) >= 11 is 0. The van der Waals surface area contributed by atoms with Crippen LogP contribution in [0.4, 0.5) is 0 Å². The molecule has 4 heteroatoms. The molecule has 0 radical (unpaired) electrons. The molecule has 1 atom stereocenters. The SMILES string of the molecule is CC(=O)NCCCNC(=O)CC(c1ccc(C(C)C)cc1)C(C)C. The van der Waals surface area contributed by atoms with Gasteiger partial charge in [0, 0.05) is 26.4 Å². The molecule has 1 aromatic carbocycles. The Morgan fingerprint density at radius 2 is 1.46 bits per heavy atom. The summed E-state index contributed by atoms with van der Waals surface area (Å²) < 4.78 is 0. The highest BCUT2D eigenvalue weighted by molar-refractivity contribution is 5.77. The Kier molecular flexibility index (Phi) is 8.51. The van der Waals surface area contributed by atoms with Gasteiger partial charge in [-0.05, 0) is 35.3 Å². The van der Waals surface area contributed by atoms with E-state index in [2.05, 4.69) is 62.6 Å². The summed E-state index contributed by atoms with van der Waals surface area (Å²) in [5.74, 6) is 1.18. The lowest BCUT2D eigenvalue weighted by Gasteiger charge is -2.21. The number of hydrogen-bond acceptors (Lipinski definition) is 2. The Labute approximate surface area is 146 Å². The van der Waals surface area contributed by atoms with Gasteiger partial charge in [-0.1, -0.05) is 52.0 Å². The van der Waals surface area contributed by atoms with Crippen molar-refractivity contribution in [3.8, 4) is 0 Å². The minimum absolute atomic E-state index is 0.0361. The monoisotopic (exact) mass is 332 g/mol. The molecule has 0 bridgehead atoms. The zero-order valence-electron chi connectivity index (χ0n) is 15.7. The third-order valence-corrected chi connectivity index (χ3v) is 4.29. The molecule has 134 valence electrons. The van der Waals surface area contributed by atoms with Gasteiger partial charge in [0.25, 0.3) is 0 Å². The summed E-state index contributed by atoms with van der Waals surface area (Å²) in [6.07, 6.45) is 1.25. The lowest BCUT2D eigenvalue weighted by molar-refractivity contribution is -0.121. The second-order valence-electron chi connectivity index (χ2n) is 7.06. The van der Waals surface area contributed by atoms with Crippen LogP contribution in [0, 0.1) is 5.92 Å². The zero-order chi connectivity index (χ0) is 18.1. The maximum absolute atomic E-state index is 12.2. The molecular weight excluding hydrogens is 300 g/mol. The molecular formula is C20H32N2O2. The van der Waals surface area contributed by atoms with E-state index in [-0.39, 0.29) is 17.7 Å². The number of benzene rings is 1. The van der Waals surface area contributed by atoms with Gasteiger partial charge in [-0.2, -0.15) is 0 Å². The normalized spacial score (nSPS) is 12.3. The van der Waals surface area contributed by atoms with Crippen LogP contribution in [0.25, 0.3) is 0 Å². The van der Waals surface area contributed by atoms with Gasteiger partial charge in [0.05, 0.1) is 0 Å². The van der Waals surface area contributed by atoms with E-state index in [9.17, 15) is 9.59 Å². The van der Waals surface area contributed by atoms with E-state index < -0.39 is 0 Å². The van der Waals surface area contributed by atoms with E-state index in [1.165, 1.54) is 18.1 Å². The van der Waals surface area contributed by atoms with Crippen molar-refractivity contribution in [2.24, 2.45) is 5.92 Å². The quantitative estimate of drug-likeness (QED) is 0.679. The van der Waals surface area contributed by atoms with Crippen LogP contribution in [0.3, 0.4) is 0 Å². The topological polar surface area (TPSA) is 58.2 Å². The number of hydrogen-bond donors (Lipinski definition) is 2. The highest BCUT2D eigenvalue weighted by Crippen LogP contribution is 2.29. The van der Waals surface area contributed by atoms with Gasteiger partial charge in [-0.3, -0.25) is 9.59 Å². The van der Waals surface area contributed by atoms with Gasteiger partial charge >= 0.3 is 0 Å². The second-order valence-corrected chi connectivity index (χ2v) is 7.06. The average Bonchev–Trinajstić information content (AvgIpc) is 2.51. The van der Waals surface area contributed by atoms with Gasteiger partial charge in [0.15, 0.2) is 0 Å². The third-order valence-electron chi connectivity index (χ3n) is 4.29. The lowest BCUT2D eigenvalue weighted by Crippen LogP contribution is -2.30. The van der Waals surface area contributed by atoms with Crippen LogP contribution in [-0.2, 0) is 9.59 Å². The number of amides is 2. The molecule has 2 amide bonds. The molecule has 0 aliphatic rings. The number of rotatable bonds is 9. The molecule has 1 aromatic rings. The van der Waals surface area contributed by atoms with E-state index in [4.69, 9.17) is 0 Å². The standard InChI is InChI=1S/C20H32N2O2/c1-14(2)17-7-9-18(10-8-17)19(15(3)4)13-20(24)22-12-6-11-21-16(5)23/h7-10,14-15,19H,6,11-13H2,1-5H3,(H,21,23)(H,22,24). The van der Waals surface area contributed by atoms with Crippen molar-refractivity contribution >= 4 is 11.8 Å². The summed E-state index contributed by atoms with van der Waals surface area (Å²) in [7, 11) is 0. The molecule has 0 fully saturated rings. The van der Waals surface area contributed by atoms with Crippen LogP contribution in [0.15, 0.2) is 24.3 Å². The molecule has 0 spiro atoms. The summed E-state index contributed by atoms with van der Waals surface area (Å²) in [6.45, 7) is 11.4. The van der Waals surface area contributed by atoms with Crippen molar-refractivity contribution in [1.29, 1.82) is 0 Å². The molecule has 0 aliphatic heterocycles. The molecule has 0 aromatic heterocycles. The molecule has 1 unspecified atom stereocenters. The maximum atomic E-state index is 12.2. The van der Waals surface area contributed by atoms with Crippen molar-refractivity contribution in [2.75, 3.05) is 13.1 Å². The van der Waals surface area contributed by atoms with E-state index in [1.807, 2.05) is 0 Å². The highest BCUT2D eigenvalue weighted by Gasteiger charge is 2.19. The second kappa shape index (κ2) is 10.1. The van der Waals surface area contributed by atoms with Crippen molar-refractivity contribution in [3.63, 3.8) is 0 Å². The average molecular weight is 332 g/mol. The van der Waals surface area contributed by atoms with Crippen LogP contribution >= 0.6 is 0 Å². The molecule has 4 nitrogen and oxygen atoms in total. The summed E-state index contributed by atoms with van der Waals surface area (Å²) in [4.78, 5) is 23.0. The largest absolute Gasteiger partial charge is 0.356 e. The predicted molar refractivity (Wildman–Crippen MR) is 99.0 cm³/mol. The minimum Gasteiger partial charge on any atom is -0.356 e. The van der Waals surface area contributed by atoms with Crippen molar-refractivity contribution in [1.82, 2.24) is 10.6 Å². The first-order valence-corrected chi connectivity index (χ1v) is 8.92. The zero-order valence-corrected chi connectivity index (χ0v) is 15.7. The fraction of sp³-hybridized carbons (Fsp3) is 0.600. The first-order chi connectivity index (χ1) is 11.3. The van der Waals surface area contributed by atoms with Crippen LogP contribution in [0.2, 0.25) is 0 Å². The molecule has 0 saturated heterocycles. The van der Waals surface area contributed by atoms with E-state index in [0.717, 1.165) is 6.42 Å². The first-order valence-electron chi connectivity index (χ1n) is 8.92. The summed E-state index contributed by atoms with van der Waals surface area (Å²) in [5, 5.41) is 5.68. The predicted octanol–water partition coefficient (Wildman–Crippen LogP) is 3.58. The Morgan fingerprint density at radius 3 is 1.96 bits per heavy atom. The number of nitrogens with one attached hydrogen (secondary N) is 2. The highest BCUT2D eigenvalue weighted by atomic mass is 16.2. The molecule has 0 heterocycles. The Balaban J connectivity index is 2.53. The minimum atomic E-state index is -0.0361. The molecule has 0 aliphatic carbocycles. The van der Waals surface area contributed by atoms with Gasteiger partial charge in [0.2, 0.25) is 11.8 Å². The maximum Gasteiger partial charge on any atom is 0.220 e. The van der Waals surface area contributed by atoms with Crippen molar-refractivity contribution in [3.05, 3.63) is 35.4 Å². The van der Waals surface area contributed by atoms with Crippen LogP contribution in [0.5, 0.6) is 0 Å². The van der Waals surface area contributed by atoms with Crippen LogP contribution < -0.4 is 10.6 Å². The molecule has 24 heavy (non-hydrogen) atoms. The van der Waals surface area contributed by atoms with Gasteiger partial charge < -0.3 is 10.6 Å². The molecule has 1 rings (SSSR count). The van der Waals surface area contributed by atoms with Gasteiger partial charge in [0.1, 0.15) is 0 Å². The van der Waals surface area contributed by atoms with E-state index >= 15 is 0 Å². The fourth-order valence-corrected chi connectivity index (χ4v) is 2.72. The van der Waals surface area contributed by atoms with E-state index in [0.29, 0.717) is 31.3 Å². The molecule has 0 saturated carbocycles. The van der Waals surface area contributed by atoms with E-state index in [1.54, 1.807) is 0 Å². The number of carbonyl (C=O) groups excluding carboxylic acids is 2. The van der Waals surface area contributed by atoms with Gasteiger partial charge in [-0.15, -0.1) is 0 Å². The third kappa shape index (κ3) is 7.16. The summed E-state index contributed by atoms with van der Waals surface area (Å²) in [5.41, 5.74) is 2.55. The van der Waals surface area contributed by atoms with Crippen LogP contribution in [0.1, 0.15) is 70.4 Å². The Hall–Kier alpha value is -1.84. The number of carbonyl (C=O) groups is 2. The Morgan fingerprint density at radius 1 is 0.917 bits per heavy atom. The first kappa shape index (κ1) is 20.2. The smallest absolute Gasteiger partial charge is 0.220 e. The van der Waals surface area contributed by atoms with Crippen molar-refractivity contribution < 1.29 is 9.59 Å². The van der Waals surface area contributed by atoms with Crippen LogP contribution in [-0.4, -0.2) is 24.9 Å². The van der Waals surface area contributed by atoms with Crippen molar-refractivity contribution in [2.45, 2.75) is 59.3 Å². The Bertz CT molecular complexity index is 521. The fourth-order valence-electron chi connectivity index (χ4n) is 2.72. The molecule has 2 N–H and O–H groups in total.